The van der Waals surface area contributed by atoms with Crippen LogP contribution < -0.4 is 5.46 Å². The molecular formula is C104H126BBrI4O32. The number of aliphatic hydroxyl groups is 8. The van der Waals surface area contributed by atoms with Crippen molar-refractivity contribution in [2.24, 2.45) is 17.8 Å². The third-order valence-corrected chi connectivity index (χ3v) is 26.9. The van der Waals surface area contributed by atoms with E-state index in [2.05, 4.69) is 115 Å². The molecule has 0 aromatic heterocycles. The van der Waals surface area contributed by atoms with Gasteiger partial charge in [-0.1, -0.05) is 189 Å². The van der Waals surface area contributed by atoms with Crippen LogP contribution in [0.2, 0.25) is 0 Å². The Morgan fingerprint density at radius 3 is 1.00 bits per heavy atom. The molecule has 0 aliphatic carbocycles. The average molecular weight is 2490 g/mol. The molecule has 8 aromatic carbocycles. The van der Waals surface area contributed by atoms with Crippen LogP contribution in [0.15, 0.2) is 199 Å². The lowest BCUT2D eigenvalue weighted by molar-refractivity contribution is -0.254. The molecule has 32 nitrogen and oxygen atoms in total. The molecule has 0 spiro atoms. The van der Waals surface area contributed by atoms with Gasteiger partial charge in [0.25, 0.3) is 0 Å². The molecule has 25 atom stereocenters. The molecule has 0 bridgehead atoms. The van der Waals surface area contributed by atoms with E-state index in [1.54, 1.807) is 30.3 Å². The Morgan fingerprint density at radius 1 is 0.345 bits per heavy atom. The van der Waals surface area contributed by atoms with Gasteiger partial charge in [-0.3, -0.25) is 38.4 Å². The molecule has 10 N–H and O–H groups in total. The molecule has 772 valence electrons. The zero-order valence-electron chi connectivity index (χ0n) is 81.4. The predicted molar refractivity (Wildman–Crippen MR) is 563 cm³/mol. The summed E-state index contributed by atoms with van der Waals surface area (Å²) in [6.45, 7) is 24.8. The molecule has 6 aliphatic heterocycles. The Morgan fingerprint density at radius 2 is 0.648 bits per heavy atom. The smallest absolute Gasteiger partial charge is 0.463 e. The van der Waals surface area contributed by atoms with Crippen LogP contribution >= 0.6 is 99.7 Å². The maximum Gasteiger partial charge on any atom is 0.494 e. The zero-order valence-corrected chi connectivity index (χ0v) is 91.8. The van der Waals surface area contributed by atoms with Crippen LogP contribution in [0.25, 0.3) is 44.5 Å². The topological polar surface area (TPSA) is 468 Å². The molecular weight excluding hydrogens is 2360 g/mol. The van der Waals surface area contributed by atoms with E-state index in [9.17, 15) is 79.2 Å². The summed E-state index contributed by atoms with van der Waals surface area (Å²) in [4.78, 5) is 96.0. The number of hydrogen-bond acceptors (Lipinski definition) is 31. The van der Waals surface area contributed by atoms with Crippen LogP contribution in [0.1, 0.15) is 176 Å². The Balaban J connectivity index is 0.000000252. The summed E-state index contributed by atoms with van der Waals surface area (Å²) < 4.78 is 89.7. The molecule has 8 aromatic rings. The van der Waals surface area contributed by atoms with Gasteiger partial charge < -0.3 is 117 Å². The van der Waals surface area contributed by atoms with Crippen molar-refractivity contribution >= 4 is 160 Å². The summed E-state index contributed by atoms with van der Waals surface area (Å²) in [7, 11) is -0.561. The van der Waals surface area contributed by atoms with Gasteiger partial charge in [-0.15, -0.1) is 24.0 Å². The van der Waals surface area contributed by atoms with Gasteiger partial charge in [-0.25, -0.2) is 0 Å². The monoisotopic (exact) mass is 2480 g/mol. The van der Waals surface area contributed by atoms with E-state index in [-0.39, 0.29) is 72.5 Å². The van der Waals surface area contributed by atoms with E-state index >= 15 is 0 Å². The first-order valence-electron chi connectivity index (χ1n) is 45.9. The van der Waals surface area contributed by atoms with Crippen molar-refractivity contribution in [1.29, 1.82) is 0 Å². The van der Waals surface area contributed by atoms with Crippen LogP contribution in [-0.2, 0) is 109 Å². The summed E-state index contributed by atoms with van der Waals surface area (Å²) >= 11 is 9.86. The maximum absolute atomic E-state index is 12.4. The second-order valence-corrected chi connectivity index (χ2v) is 38.3. The molecule has 6 aliphatic rings. The van der Waals surface area contributed by atoms with E-state index in [1.807, 2.05) is 180 Å². The molecule has 0 saturated carbocycles. The molecule has 142 heavy (non-hydrogen) atoms. The quantitative estimate of drug-likeness (QED) is 0.0128. The highest BCUT2D eigenvalue weighted by molar-refractivity contribution is 15.0. The zero-order chi connectivity index (χ0) is 103. The van der Waals surface area contributed by atoms with E-state index < -0.39 is 202 Å². The van der Waals surface area contributed by atoms with E-state index in [4.69, 9.17) is 70.9 Å². The van der Waals surface area contributed by atoms with Crippen LogP contribution in [-0.4, -0.2) is 243 Å². The van der Waals surface area contributed by atoms with Crippen LogP contribution in [0, 0.1) is 21.3 Å². The van der Waals surface area contributed by atoms with Crippen molar-refractivity contribution in [3.05, 3.63) is 230 Å². The van der Waals surface area contributed by atoms with E-state index in [0.717, 1.165) is 72.0 Å². The second kappa shape index (κ2) is 54.9. The van der Waals surface area contributed by atoms with Gasteiger partial charge in [0.05, 0.1) is 36.6 Å². The largest absolute Gasteiger partial charge is 0.494 e. The number of ether oxygens (including phenoxy) is 13. The normalized spacial score (nSPS) is 28.2. The van der Waals surface area contributed by atoms with Gasteiger partial charge in [0, 0.05) is 113 Å². The number of benzene rings is 8. The third-order valence-electron chi connectivity index (χ3n) is 25.6. The fourth-order valence-electron chi connectivity index (χ4n) is 17.7. The molecule has 0 amide bonds. The summed E-state index contributed by atoms with van der Waals surface area (Å²) in [6, 6.07) is 61.5. The van der Waals surface area contributed by atoms with Gasteiger partial charge in [0.2, 0.25) is 0 Å². The minimum absolute atomic E-state index is 0. The minimum atomic E-state index is -1.46. The second-order valence-electron chi connectivity index (χ2n) is 36.2. The number of carbonyl (C=O) groups excluding carboxylic acids is 8. The van der Waals surface area contributed by atoms with E-state index in [0.29, 0.717) is 16.7 Å². The first-order chi connectivity index (χ1) is 66.4. The summed E-state index contributed by atoms with van der Waals surface area (Å²) in [6.07, 6.45) is -21.2. The fourth-order valence-corrected chi connectivity index (χ4v) is 18.3. The molecule has 0 radical (unpaired) electrons. The van der Waals surface area contributed by atoms with E-state index in [1.165, 1.54) is 59.0 Å². The van der Waals surface area contributed by atoms with Gasteiger partial charge >= 0.3 is 54.9 Å². The van der Waals surface area contributed by atoms with Gasteiger partial charge in [0.1, 0.15) is 111 Å². The number of rotatable bonds is 23. The molecule has 6 saturated heterocycles. The number of halogens is 5. The standard InChI is InChI=1S/C43H50O12.C30H34O10.C25H35BO9.C6H4BrI.I2.HI.H2O/c1-9-36-23(2)24(3)38(50-26(5)45)39(54-36)34-14-10-12-32(20-34)30-16-18-31(19-17-30)33-13-11-15-35(21-33)40-42(52-28(7)47)43(53-29(8)48)41(51-27(6)46)37(55-40)22-49-25(4)44;31-13-21-23(33)25(35)27(37)29(39-21)19-5-1-3-17(11-19)15-7-9-16(10-8-15)18-4-2-6-20(12-18)30-28(38)26(36)24(34)22(14-32)40-30;1-14-21(18-10-9-11-19(12-18)26-34-24(5,6)25(7,8)35-26)33-20(13-30-15(2)27)23(32-17(4)29)22(14)31-16(3)28;7-5-1-3-6(8)4-2-5;1-2;;/h10-21,23-24,36-43H,9,22H2,1-8H3;1-12,21-38H,13-14H2;9-12,14,20-23H,13H2,1-8H3;1-4H;;1H;1H2/t23-,24-,36+,37+,38-,39+,40+,41+,42+,43-;21-,22-,23-,24-,25+,26+,27+,28+,29-,30-;14-,20-,21+,22-,23-;;;;/m011..../s1. The van der Waals surface area contributed by atoms with Gasteiger partial charge in [-0.2, -0.15) is 0 Å². The fraction of sp³-hybridized carbons (Fsp3) is 0.462. The number of carbonyl (C=O) groups is 8. The molecule has 0 unspecified atom stereocenters. The van der Waals surface area contributed by atoms with Gasteiger partial charge in [0.15, 0.2) is 24.4 Å². The lowest BCUT2D eigenvalue weighted by atomic mass is 9.76. The Bertz CT molecular complexity index is 5350. The van der Waals surface area contributed by atoms with Crippen LogP contribution in [0.3, 0.4) is 0 Å². The van der Waals surface area contributed by atoms with Crippen LogP contribution in [0.4, 0.5) is 0 Å². The summed E-state index contributed by atoms with van der Waals surface area (Å²) in [5, 5.41) is 80.5. The van der Waals surface area contributed by atoms with Crippen molar-refractivity contribution in [3.8, 4) is 44.5 Å². The van der Waals surface area contributed by atoms with Crippen molar-refractivity contribution in [3.63, 3.8) is 0 Å². The minimum Gasteiger partial charge on any atom is -0.463 e. The van der Waals surface area contributed by atoms with Gasteiger partial charge in [-0.05, 0) is 189 Å². The number of hydrogen-bond donors (Lipinski definition) is 8. The summed E-state index contributed by atoms with van der Waals surface area (Å²) in [5.41, 5.74) is 10.4. The SMILES string of the molecule is Brc1ccc(I)cc1.CC(=O)OC[C@H]1O[C@H](c2cccc(B3OC(C)(C)C(C)(C)O3)c2)[C@@H](C)[C@@H](OC(C)=O)[C@@H]1OC(C)=O.CC[C@H]1O[C@H](c2cccc(-c3ccc(-c4cccc([C@H]5O[C@H](COC(C)=O)[C@@H](OC(C)=O)[C@H](OC(C)=O)[C@@H]5OC(C)=O)c4)cc3)c2)[C@@H](OC(C)=O)[C@@H](C)[C@@H]1C.I.II.O.OC[C@H]1O[C@H](c2cccc(-c3ccc(-c4cccc([C@H]5O[C@H](CO)[C@@H](O)[C@H](O)[C@@H]5O)c4)cc3)c2)[C@@H](O)[C@@H](O)[C@@H]1O. The predicted octanol–water partition coefficient (Wildman–Crippen LogP) is 14.0. The lowest BCUT2D eigenvalue weighted by Crippen LogP contribution is -2.59. The third kappa shape index (κ3) is 31.0. The first kappa shape index (κ1) is 120. The summed E-state index contributed by atoms with van der Waals surface area (Å²) in [5.74, 6) is -4.61. The Labute approximate surface area is 889 Å². The Hall–Kier alpha value is -7.66. The van der Waals surface area contributed by atoms with Crippen molar-refractivity contribution in [2.75, 3.05) is 26.4 Å². The number of aliphatic hydroxyl groups excluding tert-OH is 8. The van der Waals surface area contributed by atoms with Crippen LogP contribution in [0.5, 0.6) is 0 Å². The Kier molecular flexibility index (Phi) is 46.2. The maximum atomic E-state index is 12.4. The highest BCUT2D eigenvalue weighted by atomic mass is 128. The number of esters is 8. The lowest BCUT2D eigenvalue weighted by Gasteiger charge is -2.44. The van der Waals surface area contributed by atoms with Crippen molar-refractivity contribution in [1.82, 2.24) is 0 Å². The molecule has 38 heteroatoms. The highest BCUT2D eigenvalue weighted by Gasteiger charge is 2.56. The molecule has 6 fully saturated rings. The van der Waals surface area contributed by atoms with Crippen molar-refractivity contribution in [2.45, 2.75) is 263 Å². The molecule has 14 rings (SSSR count). The van der Waals surface area contributed by atoms with Crippen molar-refractivity contribution < 1.29 is 156 Å². The molecule has 6 heterocycles. The average Bonchev–Trinajstić information content (AvgIpc) is 1.74. The first-order valence-corrected chi connectivity index (χ1v) is 54.1. The highest BCUT2D eigenvalue weighted by Crippen LogP contribution is 2.47.